The summed E-state index contributed by atoms with van der Waals surface area (Å²) in [7, 11) is 3.30. The molecule has 1 atom stereocenters. The van der Waals surface area contributed by atoms with Gasteiger partial charge in [0.1, 0.15) is 10.8 Å². The molecule has 0 radical (unpaired) electrons. The molecule has 1 unspecified atom stereocenters. The molecule has 0 saturated heterocycles. The van der Waals surface area contributed by atoms with E-state index in [1.54, 1.807) is 67.1 Å². The van der Waals surface area contributed by atoms with Gasteiger partial charge in [0.25, 0.3) is 0 Å². The van der Waals surface area contributed by atoms with Gasteiger partial charge in [0.15, 0.2) is 0 Å². The Morgan fingerprint density at radius 2 is 2.07 bits per heavy atom. The van der Waals surface area contributed by atoms with E-state index in [4.69, 9.17) is 4.74 Å². The van der Waals surface area contributed by atoms with Crippen LogP contribution in [0, 0.1) is 0 Å². The summed E-state index contributed by atoms with van der Waals surface area (Å²) in [6.45, 7) is 0.239. The number of aliphatic hydroxyl groups is 1. The van der Waals surface area contributed by atoms with Crippen molar-refractivity contribution in [2.24, 2.45) is 0 Å². The van der Waals surface area contributed by atoms with E-state index < -0.39 is 6.10 Å². The molecule has 0 bridgehead atoms. The fourth-order valence-corrected chi connectivity index (χ4v) is 3.61. The van der Waals surface area contributed by atoms with Gasteiger partial charge in [0.05, 0.1) is 25.5 Å². The summed E-state index contributed by atoms with van der Waals surface area (Å²) in [4.78, 5) is 22.7. The van der Waals surface area contributed by atoms with Crippen LogP contribution in [0.15, 0.2) is 54.2 Å². The van der Waals surface area contributed by atoms with Crippen LogP contribution in [-0.2, 0) is 11.2 Å². The van der Waals surface area contributed by atoms with Crippen molar-refractivity contribution in [2.45, 2.75) is 18.9 Å². The second-order valence-corrected chi connectivity index (χ2v) is 7.31. The number of aromatic nitrogens is 2. The van der Waals surface area contributed by atoms with Crippen LogP contribution in [0.25, 0.3) is 10.6 Å². The second-order valence-electron chi connectivity index (χ2n) is 6.45. The molecule has 0 spiro atoms. The Hall–Kier alpha value is -2.77. The molecule has 7 heteroatoms. The zero-order chi connectivity index (χ0) is 19.9. The number of benzene rings is 1. The minimum Gasteiger partial charge on any atom is -0.497 e. The van der Waals surface area contributed by atoms with Gasteiger partial charge in [0.2, 0.25) is 5.91 Å². The monoisotopic (exact) mass is 397 g/mol. The van der Waals surface area contributed by atoms with Gasteiger partial charge in [-0.3, -0.25) is 9.78 Å². The van der Waals surface area contributed by atoms with Gasteiger partial charge in [-0.25, -0.2) is 4.98 Å². The van der Waals surface area contributed by atoms with E-state index >= 15 is 0 Å². The first-order valence-corrected chi connectivity index (χ1v) is 9.85. The molecule has 2 aromatic heterocycles. The molecule has 0 saturated carbocycles. The highest BCUT2D eigenvalue weighted by molar-refractivity contribution is 7.13. The highest BCUT2D eigenvalue weighted by Gasteiger charge is 2.16. The molecular weight excluding hydrogens is 374 g/mol. The number of likely N-dealkylation sites (N-methyl/N-ethyl adjacent to an activating group) is 1. The van der Waals surface area contributed by atoms with Crippen molar-refractivity contribution in [3.8, 4) is 16.3 Å². The van der Waals surface area contributed by atoms with E-state index in [9.17, 15) is 9.90 Å². The molecule has 0 aliphatic carbocycles. The lowest BCUT2D eigenvalue weighted by atomic mass is 10.1. The Morgan fingerprint density at radius 1 is 1.29 bits per heavy atom. The molecule has 0 fully saturated rings. The third kappa shape index (κ3) is 5.15. The normalized spacial score (nSPS) is 11.8. The molecule has 1 N–H and O–H groups in total. The lowest BCUT2D eigenvalue weighted by Crippen LogP contribution is -2.31. The number of pyridine rings is 1. The average molecular weight is 398 g/mol. The smallest absolute Gasteiger partial charge is 0.222 e. The standard InChI is InChI=1S/C21H23N3O3S/c1-24(13-19(25)15-5-8-18(27-2)9-6-15)20(26)10-7-17-14-28-21(23-17)16-4-3-11-22-12-16/h3-6,8-9,11-12,14,19,25H,7,10,13H2,1-2H3. The number of hydrogen-bond acceptors (Lipinski definition) is 6. The Kier molecular flexibility index (Phi) is 6.73. The van der Waals surface area contributed by atoms with Crippen molar-refractivity contribution in [3.63, 3.8) is 0 Å². The van der Waals surface area contributed by atoms with E-state index in [0.717, 1.165) is 27.6 Å². The third-order valence-electron chi connectivity index (χ3n) is 4.43. The maximum Gasteiger partial charge on any atom is 0.222 e. The van der Waals surface area contributed by atoms with E-state index in [1.807, 2.05) is 17.5 Å². The first kappa shape index (κ1) is 20.0. The topological polar surface area (TPSA) is 75.6 Å². The number of aliphatic hydroxyl groups excluding tert-OH is 1. The van der Waals surface area contributed by atoms with Crippen molar-refractivity contribution in [1.29, 1.82) is 0 Å². The zero-order valence-electron chi connectivity index (χ0n) is 15.9. The van der Waals surface area contributed by atoms with Crippen LogP contribution in [-0.4, -0.2) is 46.6 Å². The molecular formula is C21H23N3O3S. The summed E-state index contributed by atoms with van der Waals surface area (Å²) in [5.74, 6) is 0.706. The summed E-state index contributed by atoms with van der Waals surface area (Å²) < 4.78 is 5.12. The molecule has 3 aromatic rings. The van der Waals surface area contributed by atoms with Gasteiger partial charge >= 0.3 is 0 Å². The molecule has 0 aliphatic rings. The highest BCUT2D eigenvalue weighted by atomic mass is 32.1. The van der Waals surface area contributed by atoms with Gasteiger partial charge in [0, 0.05) is 36.8 Å². The van der Waals surface area contributed by atoms with Crippen LogP contribution in [0.3, 0.4) is 0 Å². The average Bonchev–Trinajstić information content (AvgIpc) is 3.21. The van der Waals surface area contributed by atoms with Crippen molar-refractivity contribution >= 4 is 17.2 Å². The number of thiazole rings is 1. The van der Waals surface area contributed by atoms with Crippen LogP contribution < -0.4 is 4.74 Å². The van der Waals surface area contributed by atoms with E-state index in [-0.39, 0.29) is 12.5 Å². The first-order valence-electron chi connectivity index (χ1n) is 8.97. The number of rotatable bonds is 8. The van der Waals surface area contributed by atoms with Crippen molar-refractivity contribution in [2.75, 3.05) is 20.7 Å². The third-order valence-corrected chi connectivity index (χ3v) is 5.37. The van der Waals surface area contributed by atoms with Crippen LogP contribution in [0.2, 0.25) is 0 Å². The number of aryl methyl sites for hydroxylation is 1. The lowest BCUT2D eigenvalue weighted by molar-refractivity contribution is -0.131. The number of carbonyl (C=O) groups is 1. The van der Waals surface area contributed by atoms with Crippen LogP contribution >= 0.6 is 11.3 Å². The van der Waals surface area contributed by atoms with Crippen molar-refractivity contribution < 1.29 is 14.6 Å². The fourth-order valence-electron chi connectivity index (χ4n) is 2.76. The summed E-state index contributed by atoms with van der Waals surface area (Å²) in [5.41, 5.74) is 2.62. The summed E-state index contributed by atoms with van der Waals surface area (Å²) >= 11 is 1.55. The maximum absolute atomic E-state index is 12.4. The number of nitrogens with zero attached hydrogens (tertiary/aromatic N) is 3. The minimum atomic E-state index is -0.740. The number of methoxy groups -OCH3 is 1. The maximum atomic E-state index is 12.4. The number of amides is 1. The Labute approximate surface area is 168 Å². The fraction of sp³-hybridized carbons (Fsp3) is 0.286. The van der Waals surface area contributed by atoms with Gasteiger partial charge in [-0.1, -0.05) is 12.1 Å². The summed E-state index contributed by atoms with van der Waals surface area (Å²) in [6.07, 6.45) is 3.69. The molecule has 6 nitrogen and oxygen atoms in total. The number of ether oxygens (including phenoxy) is 1. The summed E-state index contributed by atoms with van der Waals surface area (Å²) in [6, 6.07) is 11.0. The van der Waals surface area contributed by atoms with Gasteiger partial charge < -0.3 is 14.7 Å². The number of carbonyl (C=O) groups excluding carboxylic acids is 1. The minimum absolute atomic E-state index is 0.0245. The predicted octanol–water partition coefficient (Wildman–Crippen LogP) is 3.34. The van der Waals surface area contributed by atoms with Gasteiger partial charge in [-0.05, 0) is 36.2 Å². The highest BCUT2D eigenvalue weighted by Crippen LogP contribution is 2.23. The second kappa shape index (κ2) is 9.43. The number of hydrogen-bond donors (Lipinski definition) is 1. The van der Waals surface area contributed by atoms with Crippen molar-refractivity contribution in [1.82, 2.24) is 14.9 Å². The van der Waals surface area contributed by atoms with Gasteiger partial charge in [-0.15, -0.1) is 11.3 Å². The Balaban J connectivity index is 1.51. The first-order chi connectivity index (χ1) is 13.6. The predicted molar refractivity (Wildman–Crippen MR) is 109 cm³/mol. The van der Waals surface area contributed by atoms with Crippen LogP contribution in [0.4, 0.5) is 0 Å². The Morgan fingerprint density at radius 3 is 2.75 bits per heavy atom. The van der Waals surface area contributed by atoms with E-state index in [2.05, 4.69) is 9.97 Å². The molecule has 146 valence electrons. The molecule has 1 aromatic carbocycles. The van der Waals surface area contributed by atoms with Crippen LogP contribution in [0.5, 0.6) is 5.75 Å². The van der Waals surface area contributed by atoms with Crippen LogP contribution in [0.1, 0.15) is 23.8 Å². The molecule has 28 heavy (non-hydrogen) atoms. The lowest BCUT2D eigenvalue weighted by Gasteiger charge is -2.21. The summed E-state index contributed by atoms with van der Waals surface area (Å²) in [5, 5.41) is 13.2. The zero-order valence-corrected chi connectivity index (χ0v) is 16.7. The van der Waals surface area contributed by atoms with Gasteiger partial charge in [-0.2, -0.15) is 0 Å². The Bertz CT molecular complexity index is 897. The molecule has 3 rings (SSSR count). The molecule has 0 aliphatic heterocycles. The largest absolute Gasteiger partial charge is 0.497 e. The van der Waals surface area contributed by atoms with E-state index in [1.165, 1.54) is 0 Å². The molecule has 1 amide bonds. The quantitative estimate of drug-likeness (QED) is 0.631. The molecule has 2 heterocycles. The SMILES string of the molecule is COc1ccc(C(O)CN(C)C(=O)CCc2csc(-c3cccnc3)n2)cc1. The van der Waals surface area contributed by atoms with E-state index in [0.29, 0.717) is 12.8 Å². The van der Waals surface area contributed by atoms with Crippen molar-refractivity contribution in [3.05, 3.63) is 65.4 Å².